The highest BCUT2D eigenvalue weighted by atomic mass is 16.5. The van der Waals surface area contributed by atoms with Crippen LogP contribution in [0.5, 0.6) is 5.75 Å². The van der Waals surface area contributed by atoms with Gasteiger partial charge in [0.1, 0.15) is 5.75 Å². The summed E-state index contributed by atoms with van der Waals surface area (Å²) in [6.07, 6.45) is 0. The van der Waals surface area contributed by atoms with E-state index in [4.69, 9.17) is 16.2 Å². The fourth-order valence-corrected chi connectivity index (χ4v) is 3.17. The molecule has 7 nitrogen and oxygen atoms in total. The Hall–Kier alpha value is -3.48. The van der Waals surface area contributed by atoms with Crippen molar-refractivity contribution < 1.29 is 14.3 Å². The standard InChI is InChI=1S/C20H22N4O3/c1-3-24-16-10-14(27-2)8-9-15(16)18(22)19(24)12-4-6-13(7-5-12)20(26)23-11-17(21)25/h4-10H,3,11,22H2,1-2H3,(H2,21,25)(H,23,26). The van der Waals surface area contributed by atoms with Gasteiger partial charge in [-0.1, -0.05) is 12.1 Å². The summed E-state index contributed by atoms with van der Waals surface area (Å²) in [6.45, 7) is 2.59. The van der Waals surface area contributed by atoms with Crippen molar-refractivity contribution in [3.8, 4) is 17.0 Å². The predicted molar refractivity (Wildman–Crippen MR) is 106 cm³/mol. The quantitative estimate of drug-likeness (QED) is 0.620. The number of carbonyl (C=O) groups is 2. The molecule has 0 bridgehead atoms. The van der Waals surface area contributed by atoms with E-state index in [2.05, 4.69) is 9.88 Å². The van der Waals surface area contributed by atoms with E-state index in [1.807, 2.05) is 37.3 Å². The molecule has 0 aliphatic rings. The minimum absolute atomic E-state index is 0.195. The van der Waals surface area contributed by atoms with Crippen LogP contribution in [-0.4, -0.2) is 30.0 Å². The van der Waals surface area contributed by atoms with Gasteiger partial charge in [0.15, 0.2) is 0 Å². The minimum atomic E-state index is -0.587. The second-order valence-corrected chi connectivity index (χ2v) is 6.12. The highest BCUT2D eigenvalue weighted by Crippen LogP contribution is 2.37. The van der Waals surface area contributed by atoms with Gasteiger partial charge < -0.3 is 26.1 Å². The van der Waals surface area contributed by atoms with Crippen molar-refractivity contribution in [2.45, 2.75) is 13.5 Å². The number of methoxy groups -OCH3 is 1. The molecule has 0 atom stereocenters. The number of primary amides is 1. The van der Waals surface area contributed by atoms with E-state index in [9.17, 15) is 9.59 Å². The molecule has 0 aliphatic carbocycles. The van der Waals surface area contributed by atoms with Crippen LogP contribution in [0.4, 0.5) is 5.69 Å². The Kier molecular flexibility index (Phi) is 5.03. The first-order valence-electron chi connectivity index (χ1n) is 8.59. The van der Waals surface area contributed by atoms with Gasteiger partial charge in [-0.3, -0.25) is 9.59 Å². The molecule has 140 valence electrons. The number of hydrogen-bond donors (Lipinski definition) is 3. The molecule has 1 heterocycles. The lowest BCUT2D eigenvalue weighted by Gasteiger charge is -2.10. The van der Waals surface area contributed by atoms with Crippen LogP contribution in [0.3, 0.4) is 0 Å². The number of nitrogens with one attached hydrogen (secondary N) is 1. The molecule has 3 aromatic rings. The molecule has 27 heavy (non-hydrogen) atoms. The highest BCUT2D eigenvalue weighted by molar-refractivity contribution is 6.02. The fourth-order valence-electron chi connectivity index (χ4n) is 3.17. The van der Waals surface area contributed by atoms with Crippen LogP contribution in [0, 0.1) is 0 Å². The number of rotatable bonds is 6. The van der Waals surface area contributed by atoms with Crippen molar-refractivity contribution in [1.82, 2.24) is 9.88 Å². The van der Waals surface area contributed by atoms with Crippen molar-refractivity contribution in [3.05, 3.63) is 48.0 Å². The molecule has 7 heteroatoms. The van der Waals surface area contributed by atoms with E-state index >= 15 is 0 Å². The molecule has 0 saturated carbocycles. The van der Waals surface area contributed by atoms with Crippen LogP contribution in [-0.2, 0) is 11.3 Å². The number of hydrogen-bond acceptors (Lipinski definition) is 4. The summed E-state index contributed by atoms with van der Waals surface area (Å²) in [7, 11) is 1.63. The first-order valence-corrected chi connectivity index (χ1v) is 8.59. The maximum absolute atomic E-state index is 12.0. The monoisotopic (exact) mass is 366 g/mol. The third-order valence-corrected chi connectivity index (χ3v) is 4.47. The molecule has 0 aliphatic heterocycles. The van der Waals surface area contributed by atoms with E-state index in [-0.39, 0.29) is 12.5 Å². The molecule has 2 aromatic carbocycles. The lowest BCUT2D eigenvalue weighted by atomic mass is 10.1. The summed E-state index contributed by atoms with van der Waals surface area (Å²) in [5.74, 6) is -0.174. The zero-order valence-electron chi connectivity index (χ0n) is 15.3. The van der Waals surface area contributed by atoms with Crippen LogP contribution >= 0.6 is 0 Å². The van der Waals surface area contributed by atoms with Gasteiger partial charge >= 0.3 is 0 Å². The number of amides is 2. The zero-order chi connectivity index (χ0) is 19.6. The van der Waals surface area contributed by atoms with Crippen LogP contribution < -0.4 is 21.5 Å². The van der Waals surface area contributed by atoms with E-state index in [0.717, 1.165) is 34.5 Å². The number of aryl methyl sites for hydroxylation is 1. The van der Waals surface area contributed by atoms with Gasteiger partial charge in [0, 0.05) is 29.1 Å². The van der Waals surface area contributed by atoms with Gasteiger partial charge in [-0.2, -0.15) is 0 Å². The third kappa shape index (κ3) is 3.44. The molecule has 0 saturated heterocycles. The van der Waals surface area contributed by atoms with Gasteiger partial charge in [-0.05, 0) is 31.2 Å². The molecule has 3 rings (SSSR count). The number of carbonyl (C=O) groups excluding carboxylic acids is 2. The van der Waals surface area contributed by atoms with Crippen molar-refractivity contribution in [3.63, 3.8) is 0 Å². The van der Waals surface area contributed by atoms with Crippen LogP contribution in [0.15, 0.2) is 42.5 Å². The summed E-state index contributed by atoms with van der Waals surface area (Å²) in [5.41, 5.74) is 15.4. The topological polar surface area (TPSA) is 112 Å². The number of aromatic nitrogens is 1. The Bertz CT molecular complexity index is 1010. The van der Waals surface area contributed by atoms with Gasteiger partial charge in [0.25, 0.3) is 5.91 Å². The van der Waals surface area contributed by atoms with Crippen LogP contribution in [0.1, 0.15) is 17.3 Å². The molecule has 0 fully saturated rings. The Labute approximate surface area is 156 Å². The average molecular weight is 366 g/mol. The SMILES string of the molecule is CCn1c(-c2ccc(C(=O)NCC(N)=O)cc2)c(N)c2ccc(OC)cc21. The Morgan fingerprint density at radius 2 is 1.85 bits per heavy atom. The lowest BCUT2D eigenvalue weighted by molar-refractivity contribution is -0.117. The summed E-state index contributed by atoms with van der Waals surface area (Å²) >= 11 is 0. The van der Waals surface area contributed by atoms with Gasteiger partial charge in [-0.15, -0.1) is 0 Å². The largest absolute Gasteiger partial charge is 0.497 e. The number of ether oxygens (including phenoxy) is 1. The minimum Gasteiger partial charge on any atom is -0.497 e. The summed E-state index contributed by atoms with van der Waals surface area (Å²) in [5, 5.41) is 3.42. The molecule has 0 radical (unpaired) electrons. The Morgan fingerprint density at radius 1 is 1.15 bits per heavy atom. The van der Waals surface area contributed by atoms with Gasteiger partial charge in [0.2, 0.25) is 5.91 Å². The second-order valence-electron chi connectivity index (χ2n) is 6.12. The smallest absolute Gasteiger partial charge is 0.251 e. The van der Waals surface area contributed by atoms with Crippen molar-refractivity contribution in [2.24, 2.45) is 5.73 Å². The highest BCUT2D eigenvalue weighted by Gasteiger charge is 2.17. The molecule has 5 N–H and O–H groups in total. The van der Waals surface area contributed by atoms with E-state index < -0.39 is 5.91 Å². The summed E-state index contributed by atoms with van der Waals surface area (Å²) in [6, 6.07) is 12.9. The maximum atomic E-state index is 12.0. The molecule has 0 unspecified atom stereocenters. The summed E-state index contributed by atoms with van der Waals surface area (Å²) < 4.78 is 7.45. The normalized spacial score (nSPS) is 10.7. The van der Waals surface area contributed by atoms with E-state index in [0.29, 0.717) is 11.3 Å². The first-order chi connectivity index (χ1) is 13.0. The number of nitrogens with two attached hydrogens (primary N) is 2. The van der Waals surface area contributed by atoms with E-state index in [1.165, 1.54) is 0 Å². The maximum Gasteiger partial charge on any atom is 0.251 e. The molecule has 0 spiro atoms. The van der Waals surface area contributed by atoms with Crippen molar-refractivity contribution in [2.75, 3.05) is 19.4 Å². The number of nitrogen functional groups attached to an aromatic ring is 1. The van der Waals surface area contributed by atoms with E-state index in [1.54, 1.807) is 19.2 Å². The second kappa shape index (κ2) is 7.41. The van der Waals surface area contributed by atoms with Crippen LogP contribution in [0.2, 0.25) is 0 Å². The molecular weight excluding hydrogens is 344 g/mol. The molecule has 2 amide bonds. The van der Waals surface area contributed by atoms with Crippen molar-refractivity contribution in [1.29, 1.82) is 0 Å². The third-order valence-electron chi connectivity index (χ3n) is 4.47. The zero-order valence-corrected chi connectivity index (χ0v) is 15.3. The average Bonchev–Trinajstić information content (AvgIpc) is 2.97. The number of anilines is 1. The molecular formula is C20H22N4O3. The van der Waals surface area contributed by atoms with Crippen LogP contribution in [0.25, 0.3) is 22.2 Å². The lowest BCUT2D eigenvalue weighted by Crippen LogP contribution is -2.33. The molecule has 1 aromatic heterocycles. The summed E-state index contributed by atoms with van der Waals surface area (Å²) in [4.78, 5) is 22.8. The Morgan fingerprint density at radius 3 is 2.44 bits per heavy atom. The first kappa shape index (κ1) is 18.3. The Balaban J connectivity index is 2.01. The number of fused-ring (bicyclic) bond motifs is 1. The van der Waals surface area contributed by atoms with Gasteiger partial charge in [-0.25, -0.2) is 0 Å². The van der Waals surface area contributed by atoms with Crippen molar-refractivity contribution >= 4 is 28.4 Å². The fraction of sp³-hybridized carbons (Fsp3) is 0.200. The predicted octanol–water partition coefficient (Wildman–Crippen LogP) is 2.13. The van der Waals surface area contributed by atoms with Gasteiger partial charge in [0.05, 0.1) is 30.6 Å². The number of nitrogens with zero attached hydrogens (tertiary/aromatic N) is 1. The number of benzene rings is 2.